The second-order valence-electron chi connectivity index (χ2n) is 7.36. The van der Waals surface area contributed by atoms with E-state index in [1.54, 1.807) is 0 Å². The van der Waals surface area contributed by atoms with Crippen molar-refractivity contribution in [3.05, 3.63) is 71.4 Å². The number of rotatable bonds is 2. The van der Waals surface area contributed by atoms with Gasteiger partial charge >= 0.3 is 0 Å². The fourth-order valence-corrected chi connectivity index (χ4v) is 4.58. The molecule has 0 aliphatic carbocycles. The Morgan fingerprint density at radius 3 is 2.69 bits per heavy atom. The van der Waals surface area contributed by atoms with Crippen LogP contribution in [0.4, 0.5) is 0 Å². The molecule has 1 aromatic heterocycles. The predicted molar refractivity (Wildman–Crippen MR) is 101 cm³/mol. The molecular formula is C22H22N2O2. The minimum Gasteiger partial charge on any atom is -0.354 e. The molecule has 3 heterocycles. The highest BCUT2D eigenvalue weighted by Crippen LogP contribution is 2.49. The molecule has 2 aliphatic heterocycles. The van der Waals surface area contributed by atoms with Crippen molar-refractivity contribution in [1.82, 2.24) is 9.88 Å². The van der Waals surface area contributed by atoms with Gasteiger partial charge in [0, 0.05) is 29.7 Å². The van der Waals surface area contributed by atoms with Crippen molar-refractivity contribution >= 4 is 16.7 Å². The number of Topliss-reactive ketones (excluding diaryl/α,β-unsaturated/α-hetero) is 1. The SMILES string of the molecule is Cn1cc(C(=O)[C@@H]2OC3(CCNCC3)c3ccccc32)c2ccccc21. The normalized spacial score (nSPS) is 21.2. The van der Waals surface area contributed by atoms with Crippen LogP contribution in [0, 0.1) is 0 Å². The Morgan fingerprint density at radius 2 is 1.85 bits per heavy atom. The third-order valence-corrected chi connectivity index (χ3v) is 5.89. The topological polar surface area (TPSA) is 43.3 Å². The van der Waals surface area contributed by atoms with Gasteiger partial charge in [0.05, 0.1) is 5.60 Å². The lowest BCUT2D eigenvalue weighted by Crippen LogP contribution is -2.40. The van der Waals surface area contributed by atoms with Gasteiger partial charge < -0.3 is 14.6 Å². The Bertz CT molecular complexity index is 998. The maximum absolute atomic E-state index is 13.5. The summed E-state index contributed by atoms with van der Waals surface area (Å²) in [5.74, 6) is 0.0599. The number of piperidine rings is 1. The minimum absolute atomic E-state index is 0.0599. The van der Waals surface area contributed by atoms with Crippen LogP contribution in [-0.4, -0.2) is 23.4 Å². The molecule has 0 unspecified atom stereocenters. The second-order valence-corrected chi connectivity index (χ2v) is 7.36. The molecular weight excluding hydrogens is 324 g/mol. The van der Waals surface area contributed by atoms with Crippen molar-refractivity contribution in [1.29, 1.82) is 0 Å². The zero-order chi connectivity index (χ0) is 17.7. The Labute approximate surface area is 152 Å². The Morgan fingerprint density at radius 1 is 1.12 bits per heavy atom. The molecule has 5 rings (SSSR count). The summed E-state index contributed by atoms with van der Waals surface area (Å²) >= 11 is 0. The first-order valence-electron chi connectivity index (χ1n) is 9.26. The molecule has 1 atom stereocenters. The second kappa shape index (κ2) is 5.79. The molecule has 132 valence electrons. The number of carbonyl (C=O) groups is 1. The van der Waals surface area contributed by atoms with Gasteiger partial charge in [0.15, 0.2) is 5.78 Å². The zero-order valence-corrected chi connectivity index (χ0v) is 14.9. The van der Waals surface area contributed by atoms with Gasteiger partial charge in [-0.15, -0.1) is 0 Å². The van der Waals surface area contributed by atoms with Gasteiger partial charge in [-0.05, 0) is 43.1 Å². The summed E-state index contributed by atoms with van der Waals surface area (Å²) in [7, 11) is 1.98. The van der Waals surface area contributed by atoms with Crippen LogP contribution in [0.5, 0.6) is 0 Å². The van der Waals surface area contributed by atoms with E-state index in [0.717, 1.165) is 48.0 Å². The molecule has 4 heteroatoms. The van der Waals surface area contributed by atoms with Crippen molar-refractivity contribution in [2.75, 3.05) is 13.1 Å². The van der Waals surface area contributed by atoms with Gasteiger partial charge in [-0.1, -0.05) is 42.5 Å². The summed E-state index contributed by atoms with van der Waals surface area (Å²) < 4.78 is 8.55. The number of fused-ring (bicyclic) bond motifs is 3. The van der Waals surface area contributed by atoms with Crippen LogP contribution in [0.1, 0.15) is 40.4 Å². The lowest BCUT2D eigenvalue weighted by Gasteiger charge is -2.34. The summed E-state index contributed by atoms with van der Waals surface area (Å²) in [6.07, 6.45) is 3.23. The first-order valence-corrected chi connectivity index (χ1v) is 9.26. The van der Waals surface area contributed by atoms with Crippen LogP contribution in [0.15, 0.2) is 54.7 Å². The molecule has 3 aromatic rings. The summed E-state index contributed by atoms with van der Waals surface area (Å²) in [4.78, 5) is 13.5. The van der Waals surface area contributed by atoms with E-state index in [0.29, 0.717) is 0 Å². The molecule has 1 spiro atoms. The van der Waals surface area contributed by atoms with Gasteiger partial charge in [-0.25, -0.2) is 0 Å². The van der Waals surface area contributed by atoms with E-state index in [-0.39, 0.29) is 11.4 Å². The highest BCUT2D eigenvalue weighted by Gasteiger charge is 2.48. The van der Waals surface area contributed by atoms with E-state index in [1.807, 2.05) is 48.1 Å². The van der Waals surface area contributed by atoms with Crippen LogP contribution in [0.2, 0.25) is 0 Å². The average Bonchev–Trinajstić information content (AvgIpc) is 3.19. The maximum atomic E-state index is 13.5. The molecule has 2 aliphatic rings. The number of ketones is 1. The van der Waals surface area contributed by atoms with E-state index >= 15 is 0 Å². The fourth-order valence-electron chi connectivity index (χ4n) is 4.58. The van der Waals surface area contributed by atoms with Gasteiger partial charge in [0.25, 0.3) is 0 Å². The number of hydrogen-bond donors (Lipinski definition) is 1. The summed E-state index contributed by atoms with van der Waals surface area (Å²) in [5, 5.41) is 4.39. The summed E-state index contributed by atoms with van der Waals surface area (Å²) in [6.45, 7) is 1.84. The number of aryl methyl sites for hydroxylation is 1. The number of para-hydroxylation sites is 1. The lowest BCUT2D eigenvalue weighted by atomic mass is 9.84. The molecule has 1 N–H and O–H groups in total. The molecule has 2 aromatic carbocycles. The van der Waals surface area contributed by atoms with Crippen LogP contribution < -0.4 is 5.32 Å². The van der Waals surface area contributed by atoms with Gasteiger partial charge in [-0.3, -0.25) is 4.79 Å². The standard InChI is InChI=1S/C22H22N2O2/c1-24-14-17(15-6-3-5-9-19(15)24)20(25)21-16-7-2-4-8-18(16)22(26-21)10-12-23-13-11-22/h2-9,14,21,23H,10-13H2,1H3/t21-/m1/s1. The van der Waals surface area contributed by atoms with E-state index in [4.69, 9.17) is 4.74 Å². The van der Waals surface area contributed by atoms with E-state index < -0.39 is 6.10 Å². The van der Waals surface area contributed by atoms with Gasteiger partial charge in [0.2, 0.25) is 0 Å². The van der Waals surface area contributed by atoms with Crippen molar-refractivity contribution in [2.45, 2.75) is 24.5 Å². The molecule has 0 amide bonds. The largest absolute Gasteiger partial charge is 0.354 e. The number of nitrogens with one attached hydrogen (secondary N) is 1. The fraction of sp³-hybridized carbons (Fsp3) is 0.318. The quantitative estimate of drug-likeness (QED) is 0.720. The monoisotopic (exact) mass is 346 g/mol. The zero-order valence-electron chi connectivity index (χ0n) is 14.9. The van der Waals surface area contributed by atoms with E-state index in [1.165, 1.54) is 5.56 Å². The first kappa shape index (κ1) is 15.8. The van der Waals surface area contributed by atoms with E-state index in [9.17, 15) is 4.79 Å². The molecule has 0 radical (unpaired) electrons. The molecule has 0 bridgehead atoms. The third kappa shape index (κ3) is 2.19. The smallest absolute Gasteiger partial charge is 0.198 e. The number of carbonyl (C=O) groups excluding carboxylic acids is 1. The Kier molecular flexibility index (Phi) is 3.52. The minimum atomic E-state index is -0.518. The maximum Gasteiger partial charge on any atom is 0.198 e. The van der Waals surface area contributed by atoms with Gasteiger partial charge in [0.1, 0.15) is 6.10 Å². The molecule has 0 saturated carbocycles. The summed E-state index contributed by atoms with van der Waals surface area (Å²) in [5.41, 5.74) is 3.72. The first-order chi connectivity index (χ1) is 12.7. The Balaban J connectivity index is 1.61. The van der Waals surface area contributed by atoms with Crippen LogP contribution in [-0.2, 0) is 17.4 Å². The van der Waals surface area contributed by atoms with Crippen molar-refractivity contribution in [3.8, 4) is 0 Å². The number of nitrogens with zero attached hydrogens (tertiary/aromatic N) is 1. The van der Waals surface area contributed by atoms with Crippen molar-refractivity contribution in [3.63, 3.8) is 0 Å². The predicted octanol–water partition coefficient (Wildman–Crippen LogP) is 3.71. The Hall–Kier alpha value is -2.43. The molecule has 26 heavy (non-hydrogen) atoms. The van der Waals surface area contributed by atoms with Crippen LogP contribution in [0.3, 0.4) is 0 Å². The molecule has 4 nitrogen and oxygen atoms in total. The molecule has 1 fully saturated rings. The molecule has 1 saturated heterocycles. The summed E-state index contributed by atoms with van der Waals surface area (Å²) in [6, 6.07) is 16.3. The number of ether oxygens (including phenoxy) is 1. The number of aromatic nitrogens is 1. The van der Waals surface area contributed by atoms with Crippen molar-refractivity contribution in [2.24, 2.45) is 7.05 Å². The van der Waals surface area contributed by atoms with Crippen LogP contribution in [0.25, 0.3) is 10.9 Å². The number of hydrogen-bond acceptors (Lipinski definition) is 3. The van der Waals surface area contributed by atoms with E-state index in [2.05, 4.69) is 23.5 Å². The average molecular weight is 346 g/mol. The third-order valence-electron chi connectivity index (χ3n) is 5.89. The van der Waals surface area contributed by atoms with Crippen LogP contribution >= 0.6 is 0 Å². The highest BCUT2D eigenvalue weighted by atomic mass is 16.5. The lowest BCUT2D eigenvalue weighted by molar-refractivity contribution is -0.0805. The van der Waals surface area contributed by atoms with Gasteiger partial charge in [-0.2, -0.15) is 0 Å². The van der Waals surface area contributed by atoms with Crippen molar-refractivity contribution < 1.29 is 9.53 Å². The highest BCUT2D eigenvalue weighted by molar-refractivity contribution is 6.10. The number of benzene rings is 2.